The Balaban J connectivity index is 1.99. The molecule has 0 amide bonds. The van der Waals surface area contributed by atoms with E-state index in [1.54, 1.807) is 16.8 Å². The molecule has 1 aromatic heterocycles. The standard InChI is InChI=1S/C8H12N2O2S/c11-8(12)2-1-3-9-4-7-5-13-6-10-7/h5-6,9H,1-4H2,(H,11,12). The van der Waals surface area contributed by atoms with Gasteiger partial charge < -0.3 is 10.4 Å². The highest BCUT2D eigenvalue weighted by Crippen LogP contribution is 1.99. The van der Waals surface area contributed by atoms with E-state index in [0.29, 0.717) is 6.42 Å². The summed E-state index contributed by atoms with van der Waals surface area (Å²) in [6.45, 7) is 1.45. The number of carboxylic acid groups (broad SMARTS) is 1. The summed E-state index contributed by atoms with van der Waals surface area (Å²) in [5.74, 6) is -0.740. The van der Waals surface area contributed by atoms with Crippen LogP contribution in [0.1, 0.15) is 18.5 Å². The van der Waals surface area contributed by atoms with Crippen LogP contribution in [0.25, 0.3) is 0 Å². The zero-order chi connectivity index (χ0) is 9.52. The molecule has 1 rings (SSSR count). The van der Waals surface area contributed by atoms with Crippen molar-refractivity contribution in [2.24, 2.45) is 0 Å². The topological polar surface area (TPSA) is 62.2 Å². The molecular weight excluding hydrogens is 188 g/mol. The molecular formula is C8H12N2O2S. The van der Waals surface area contributed by atoms with Crippen molar-refractivity contribution in [2.75, 3.05) is 6.54 Å². The third-order valence-electron chi connectivity index (χ3n) is 1.53. The minimum Gasteiger partial charge on any atom is -0.481 e. The fourth-order valence-corrected chi connectivity index (χ4v) is 1.46. The Hall–Kier alpha value is -0.940. The Morgan fingerprint density at radius 1 is 1.69 bits per heavy atom. The van der Waals surface area contributed by atoms with Crippen LogP contribution >= 0.6 is 11.3 Å². The number of hydrogen-bond donors (Lipinski definition) is 2. The number of aliphatic carboxylic acids is 1. The van der Waals surface area contributed by atoms with Gasteiger partial charge in [0.2, 0.25) is 0 Å². The van der Waals surface area contributed by atoms with Gasteiger partial charge in [-0.1, -0.05) is 0 Å². The van der Waals surface area contributed by atoms with Crippen LogP contribution in [-0.4, -0.2) is 22.6 Å². The van der Waals surface area contributed by atoms with E-state index in [1.165, 1.54) is 0 Å². The Labute approximate surface area is 80.6 Å². The van der Waals surface area contributed by atoms with E-state index in [9.17, 15) is 4.79 Å². The van der Waals surface area contributed by atoms with Crippen molar-refractivity contribution in [1.29, 1.82) is 0 Å². The molecule has 0 saturated carbocycles. The highest BCUT2D eigenvalue weighted by molar-refractivity contribution is 7.07. The van der Waals surface area contributed by atoms with E-state index in [-0.39, 0.29) is 6.42 Å². The quantitative estimate of drug-likeness (QED) is 0.675. The van der Waals surface area contributed by atoms with E-state index in [2.05, 4.69) is 10.3 Å². The summed E-state index contributed by atoms with van der Waals surface area (Å²) < 4.78 is 0. The number of carboxylic acids is 1. The van der Waals surface area contributed by atoms with E-state index in [1.807, 2.05) is 5.38 Å². The van der Waals surface area contributed by atoms with Gasteiger partial charge in [-0.2, -0.15) is 0 Å². The SMILES string of the molecule is O=C(O)CCCNCc1cscn1. The maximum atomic E-state index is 10.2. The van der Waals surface area contributed by atoms with Crippen molar-refractivity contribution >= 4 is 17.3 Å². The molecule has 0 aliphatic rings. The number of rotatable bonds is 6. The molecule has 1 heterocycles. The highest BCUT2D eigenvalue weighted by atomic mass is 32.1. The average molecular weight is 200 g/mol. The average Bonchev–Trinajstić information content (AvgIpc) is 2.55. The maximum absolute atomic E-state index is 10.2. The summed E-state index contributed by atoms with van der Waals surface area (Å²) in [5.41, 5.74) is 2.80. The van der Waals surface area contributed by atoms with Crippen LogP contribution < -0.4 is 5.32 Å². The van der Waals surface area contributed by atoms with Crippen LogP contribution in [-0.2, 0) is 11.3 Å². The monoisotopic (exact) mass is 200 g/mol. The smallest absolute Gasteiger partial charge is 0.303 e. The van der Waals surface area contributed by atoms with Gasteiger partial charge in [-0.05, 0) is 13.0 Å². The first-order valence-electron chi connectivity index (χ1n) is 4.08. The van der Waals surface area contributed by atoms with Crippen LogP contribution in [0.15, 0.2) is 10.9 Å². The number of nitrogens with one attached hydrogen (secondary N) is 1. The van der Waals surface area contributed by atoms with Gasteiger partial charge >= 0.3 is 5.97 Å². The molecule has 2 N–H and O–H groups in total. The lowest BCUT2D eigenvalue weighted by atomic mass is 10.3. The van der Waals surface area contributed by atoms with Crippen molar-refractivity contribution in [1.82, 2.24) is 10.3 Å². The molecule has 0 saturated heterocycles. The number of hydrogen-bond acceptors (Lipinski definition) is 4. The number of carbonyl (C=O) groups is 1. The fourth-order valence-electron chi connectivity index (χ4n) is 0.906. The number of nitrogens with zero attached hydrogens (tertiary/aromatic N) is 1. The lowest BCUT2D eigenvalue weighted by Crippen LogP contribution is -2.15. The maximum Gasteiger partial charge on any atom is 0.303 e. The van der Waals surface area contributed by atoms with Gasteiger partial charge in [0.15, 0.2) is 0 Å². The van der Waals surface area contributed by atoms with Gasteiger partial charge in [-0.15, -0.1) is 11.3 Å². The van der Waals surface area contributed by atoms with E-state index in [4.69, 9.17) is 5.11 Å². The third kappa shape index (κ3) is 4.59. The molecule has 0 aromatic carbocycles. The zero-order valence-corrected chi connectivity index (χ0v) is 8.01. The molecule has 0 aliphatic heterocycles. The first-order chi connectivity index (χ1) is 6.29. The summed E-state index contributed by atoms with van der Waals surface area (Å²) >= 11 is 1.56. The van der Waals surface area contributed by atoms with Crippen molar-refractivity contribution in [3.05, 3.63) is 16.6 Å². The minimum atomic E-state index is -0.740. The van der Waals surface area contributed by atoms with Gasteiger partial charge in [0.25, 0.3) is 0 Å². The first-order valence-corrected chi connectivity index (χ1v) is 5.03. The lowest BCUT2D eigenvalue weighted by molar-refractivity contribution is -0.137. The Morgan fingerprint density at radius 2 is 2.54 bits per heavy atom. The highest BCUT2D eigenvalue weighted by Gasteiger charge is 1.96. The summed E-state index contributed by atoms with van der Waals surface area (Å²) in [5, 5.41) is 13.5. The van der Waals surface area contributed by atoms with Crippen molar-refractivity contribution in [3.8, 4) is 0 Å². The molecule has 0 fully saturated rings. The predicted octanol–water partition coefficient (Wildman–Crippen LogP) is 1.10. The van der Waals surface area contributed by atoms with Crippen LogP contribution in [0.2, 0.25) is 0 Å². The largest absolute Gasteiger partial charge is 0.481 e. The van der Waals surface area contributed by atoms with Gasteiger partial charge in [0, 0.05) is 18.3 Å². The van der Waals surface area contributed by atoms with Crippen molar-refractivity contribution < 1.29 is 9.90 Å². The van der Waals surface area contributed by atoms with Gasteiger partial charge in [0.1, 0.15) is 0 Å². The molecule has 0 spiro atoms. The second-order valence-corrected chi connectivity index (χ2v) is 3.37. The van der Waals surface area contributed by atoms with Crippen molar-refractivity contribution in [2.45, 2.75) is 19.4 Å². The van der Waals surface area contributed by atoms with E-state index < -0.39 is 5.97 Å². The second kappa shape index (κ2) is 5.66. The van der Waals surface area contributed by atoms with Crippen LogP contribution in [0.4, 0.5) is 0 Å². The molecule has 0 atom stereocenters. The normalized spacial score (nSPS) is 10.2. The lowest BCUT2D eigenvalue weighted by Gasteiger charge is -1.99. The molecule has 5 heteroatoms. The first kappa shape index (κ1) is 10.1. The van der Waals surface area contributed by atoms with Gasteiger partial charge in [-0.25, -0.2) is 4.98 Å². The van der Waals surface area contributed by atoms with Crippen LogP contribution in [0.5, 0.6) is 0 Å². The third-order valence-corrected chi connectivity index (χ3v) is 2.17. The molecule has 0 radical (unpaired) electrons. The second-order valence-electron chi connectivity index (χ2n) is 2.65. The Morgan fingerprint density at radius 3 is 3.15 bits per heavy atom. The van der Waals surface area contributed by atoms with Crippen LogP contribution in [0, 0.1) is 0 Å². The zero-order valence-electron chi connectivity index (χ0n) is 7.19. The number of aromatic nitrogens is 1. The van der Waals surface area contributed by atoms with E-state index >= 15 is 0 Å². The molecule has 1 aromatic rings. The summed E-state index contributed by atoms with van der Waals surface area (Å²) in [6.07, 6.45) is 0.892. The predicted molar refractivity (Wildman–Crippen MR) is 50.7 cm³/mol. The summed E-state index contributed by atoms with van der Waals surface area (Å²) in [6, 6.07) is 0. The van der Waals surface area contributed by atoms with E-state index in [0.717, 1.165) is 18.8 Å². The molecule has 72 valence electrons. The molecule has 4 nitrogen and oxygen atoms in total. The molecule has 13 heavy (non-hydrogen) atoms. The van der Waals surface area contributed by atoms with Crippen molar-refractivity contribution in [3.63, 3.8) is 0 Å². The Bertz CT molecular complexity index is 249. The number of thiazole rings is 1. The van der Waals surface area contributed by atoms with Crippen LogP contribution in [0.3, 0.4) is 0 Å². The molecule has 0 bridgehead atoms. The fraction of sp³-hybridized carbons (Fsp3) is 0.500. The molecule has 0 unspecified atom stereocenters. The Kier molecular flexibility index (Phi) is 4.42. The summed E-state index contributed by atoms with van der Waals surface area (Å²) in [7, 11) is 0. The summed E-state index contributed by atoms with van der Waals surface area (Å²) in [4.78, 5) is 14.2. The minimum absolute atomic E-state index is 0.226. The van der Waals surface area contributed by atoms with Gasteiger partial charge in [-0.3, -0.25) is 4.79 Å². The van der Waals surface area contributed by atoms with Gasteiger partial charge in [0.05, 0.1) is 11.2 Å². The molecule has 0 aliphatic carbocycles.